The molecule has 1 atom stereocenters. The number of carbonyl (C=O) groups excluding carboxylic acids is 2. The number of likely N-dealkylation sites (N-methyl/N-ethyl adjacent to an activating group) is 1. The fourth-order valence-electron chi connectivity index (χ4n) is 2.80. The highest BCUT2D eigenvalue weighted by Crippen LogP contribution is 2.23. The Morgan fingerprint density at radius 2 is 2.14 bits per heavy atom. The predicted octanol–water partition coefficient (Wildman–Crippen LogP) is 1.25. The molecule has 2 heterocycles. The molecule has 2 N–H and O–H groups in total. The maximum atomic E-state index is 11.9. The maximum Gasteiger partial charge on any atom is 0.321 e. The van der Waals surface area contributed by atoms with E-state index in [-0.39, 0.29) is 18.0 Å². The van der Waals surface area contributed by atoms with Crippen LogP contribution in [0.4, 0.5) is 16.2 Å². The second kappa shape index (κ2) is 5.63. The van der Waals surface area contributed by atoms with E-state index in [0.29, 0.717) is 0 Å². The molecule has 3 amide bonds. The summed E-state index contributed by atoms with van der Waals surface area (Å²) in [6, 6.07) is 7.45. The highest BCUT2D eigenvalue weighted by atomic mass is 16.2. The molecule has 2 aliphatic heterocycles. The molecule has 21 heavy (non-hydrogen) atoms. The minimum absolute atomic E-state index is 0.0601. The van der Waals surface area contributed by atoms with E-state index in [4.69, 9.17) is 0 Å². The van der Waals surface area contributed by atoms with Gasteiger partial charge in [0.25, 0.3) is 0 Å². The molecule has 3 rings (SSSR count). The first-order chi connectivity index (χ1) is 10.1. The quantitative estimate of drug-likeness (QED) is 0.880. The van der Waals surface area contributed by atoms with Crippen molar-refractivity contribution in [2.75, 3.05) is 36.9 Å². The third kappa shape index (κ3) is 2.79. The van der Waals surface area contributed by atoms with Crippen LogP contribution in [-0.2, 0) is 4.79 Å². The van der Waals surface area contributed by atoms with Crippen LogP contribution in [0.3, 0.4) is 0 Å². The fourth-order valence-corrected chi connectivity index (χ4v) is 2.80. The van der Waals surface area contributed by atoms with Crippen LogP contribution in [-0.4, -0.2) is 49.6 Å². The Balaban J connectivity index is 1.74. The molecule has 2 saturated heterocycles. The fraction of sp³-hybridized carbons (Fsp3) is 0.467. The minimum atomic E-state index is -0.166. The van der Waals surface area contributed by atoms with Gasteiger partial charge in [0.1, 0.15) is 6.04 Å². The molecule has 1 aromatic carbocycles. The Labute approximate surface area is 124 Å². The zero-order chi connectivity index (χ0) is 14.8. The number of nitrogens with zero attached hydrogens (tertiary/aromatic N) is 2. The number of likely N-dealkylation sites (tertiary alicyclic amines) is 1. The number of hydrogen-bond acceptors (Lipinski definition) is 3. The van der Waals surface area contributed by atoms with Crippen molar-refractivity contribution in [2.45, 2.75) is 18.9 Å². The van der Waals surface area contributed by atoms with Crippen molar-refractivity contribution in [3.05, 3.63) is 24.3 Å². The molecule has 0 saturated carbocycles. The first-order valence-corrected chi connectivity index (χ1v) is 7.32. The summed E-state index contributed by atoms with van der Waals surface area (Å²) in [5, 5.41) is 6.11. The SMILES string of the molecule is CN1CCC(Nc2cccc(N3CCCNC3=O)c2)C1=O. The van der Waals surface area contributed by atoms with Crippen molar-refractivity contribution in [2.24, 2.45) is 0 Å². The number of benzene rings is 1. The van der Waals surface area contributed by atoms with Crippen molar-refractivity contribution >= 4 is 23.3 Å². The number of nitrogens with one attached hydrogen (secondary N) is 2. The molecule has 2 fully saturated rings. The lowest BCUT2D eigenvalue weighted by Gasteiger charge is -2.28. The van der Waals surface area contributed by atoms with Gasteiger partial charge >= 0.3 is 6.03 Å². The third-order valence-electron chi connectivity index (χ3n) is 4.01. The van der Waals surface area contributed by atoms with E-state index in [1.807, 2.05) is 31.3 Å². The number of rotatable bonds is 3. The number of amides is 3. The van der Waals surface area contributed by atoms with Gasteiger partial charge in [0.2, 0.25) is 5.91 Å². The number of carbonyl (C=O) groups is 2. The van der Waals surface area contributed by atoms with Crippen molar-refractivity contribution in [1.82, 2.24) is 10.2 Å². The molecule has 0 aromatic heterocycles. The third-order valence-corrected chi connectivity index (χ3v) is 4.01. The van der Waals surface area contributed by atoms with E-state index < -0.39 is 0 Å². The normalized spacial score (nSPS) is 22.4. The molecular formula is C15H20N4O2. The second-order valence-electron chi connectivity index (χ2n) is 5.53. The van der Waals surface area contributed by atoms with Crippen molar-refractivity contribution in [3.63, 3.8) is 0 Å². The molecule has 1 aromatic rings. The zero-order valence-electron chi connectivity index (χ0n) is 12.1. The summed E-state index contributed by atoms with van der Waals surface area (Å²) < 4.78 is 0. The van der Waals surface area contributed by atoms with E-state index in [1.54, 1.807) is 9.80 Å². The molecular weight excluding hydrogens is 268 g/mol. The summed E-state index contributed by atoms with van der Waals surface area (Å²) in [4.78, 5) is 27.3. The molecule has 2 aliphatic rings. The summed E-state index contributed by atoms with van der Waals surface area (Å²) in [7, 11) is 1.82. The Morgan fingerprint density at radius 3 is 2.86 bits per heavy atom. The van der Waals surface area contributed by atoms with Crippen LogP contribution in [0.1, 0.15) is 12.8 Å². The van der Waals surface area contributed by atoms with Crippen LogP contribution in [0.5, 0.6) is 0 Å². The van der Waals surface area contributed by atoms with Crippen LogP contribution in [0.15, 0.2) is 24.3 Å². The zero-order valence-corrected chi connectivity index (χ0v) is 12.1. The van der Waals surface area contributed by atoms with Gasteiger partial charge < -0.3 is 15.5 Å². The van der Waals surface area contributed by atoms with Crippen LogP contribution in [0.25, 0.3) is 0 Å². The summed E-state index contributed by atoms with van der Waals surface area (Å²) in [5.41, 5.74) is 1.73. The van der Waals surface area contributed by atoms with Gasteiger partial charge in [-0.05, 0) is 31.0 Å². The first kappa shape index (κ1) is 13.7. The lowest BCUT2D eigenvalue weighted by molar-refractivity contribution is -0.127. The van der Waals surface area contributed by atoms with Crippen molar-refractivity contribution < 1.29 is 9.59 Å². The van der Waals surface area contributed by atoms with Crippen LogP contribution < -0.4 is 15.5 Å². The maximum absolute atomic E-state index is 11.9. The summed E-state index contributed by atoms with van der Waals surface area (Å²) in [6.45, 7) is 2.24. The van der Waals surface area contributed by atoms with Gasteiger partial charge in [0, 0.05) is 38.1 Å². The average molecular weight is 288 g/mol. The predicted molar refractivity (Wildman–Crippen MR) is 81.5 cm³/mol. The number of urea groups is 1. The van der Waals surface area contributed by atoms with E-state index >= 15 is 0 Å². The van der Waals surface area contributed by atoms with Gasteiger partial charge in [0.15, 0.2) is 0 Å². The average Bonchev–Trinajstić information content (AvgIpc) is 2.80. The van der Waals surface area contributed by atoms with Gasteiger partial charge in [-0.2, -0.15) is 0 Å². The van der Waals surface area contributed by atoms with Gasteiger partial charge in [0.05, 0.1) is 0 Å². The topological polar surface area (TPSA) is 64.7 Å². The summed E-state index contributed by atoms with van der Waals surface area (Å²) in [6.07, 6.45) is 1.75. The van der Waals surface area contributed by atoms with Gasteiger partial charge in [-0.25, -0.2) is 4.79 Å². The largest absolute Gasteiger partial charge is 0.374 e. The highest BCUT2D eigenvalue weighted by molar-refractivity contribution is 5.93. The standard InChI is InChI=1S/C15H20N4O2/c1-18-9-6-13(14(18)20)17-11-4-2-5-12(10-11)19-8-3-7-16-15(19)21/h2,4-5,10,13,17H,3,6-9H2,1H3,(H,16,21). The number of hydrogen-bond donors (Lipinski definition) is 2. The van der Waals surface area contributed by atoms with Crippen LogP contribution in [0.2, 0.25) is 0 Å². The molecule has 1 unspecified atom stereocenters. The molecule has 0 radical (unpaired) electrons. The van der Waals surface area contributed by atoms with Crippen LogP contribution in [0, 0.1) is 0 Å². The van der Waals surface area contributed by atoms with E-state index in [2.05, 4.69) is 10.6 Å². The smallest absolute Gasteiger partial charge is 0.321 e. The van der Waals surface area contributed by atoms with Gasteiger partial charge in [-0.15, -0.1) is 0 Å². The number of anilines is 2. The van der Waals surface area contributed by atoms with Gasteiger partial charge in [-0.1, -0.05) is 6.07 Å². The molecule has 6 nitrogen and oxygen atoms in total. The lowest BCUT2D eigenvalue weighted by Crippen LogP contribution is -2.46. The molecule has 6 heteroatoms. The molecule has 0 aliphatic carbocycles. The molecule has 0 bridgehead atoms. The van der Waals surface area contributed by atoms with E-state index in [1.165, 1.54) is 0 Å². The van der Waals surface area contributed by atoms with Crippen LogP contribution >= 0.6 is 0 Å². The van der Waals surface area contributed by atoms with E-state index in [0.717, 1.165) is 43.9 Å². The first-order valence-electron chi connectivity index (χ1n) is 7.32. The summed E-state index contributed by atoms with van der Waals surface area (Å²) >= 11 is 0. The van der Waals surface area contributed by atoms with Gasteiger partial charge in [-0.3, -0.25) is 9.69 Å². The van der Waals surface area contributed by atoms with Crippen molar-refractivity contribution in [3.8, 4) is 0 Å². The second-order valence-corrected chi connectivity index (χ2v) is 5.53. The Morgan fingerprint density at radius 1 is 1.29 bits per heavy atom. The van der Waals surface area contributed by atoms with Crippen molar-refractivity contribution in [1.29, 1.82) is 0 Å². The van der Waals surface area contributed by atoms with E-state index in [9.17, 15) is 9.59 Å². The lowest BCUT2D eigenvalue weighted by atomic mass is 10.2. The summed E-state index contributed by atoms with van der Waals surface area (Å²) in [5.74, 6) is 0.121. The monoisotopic (exact) mass is 288 g/mol. The Hall–Kier alpha value is -2.24. The minimum Gasteiger partial charge on any atom is -0.374 e. The Bertz CT molecular complexity index is 560. The molecule has 112 valence electrons. The Kier molecular flexibility index (Phi) is 3.68. The molecule has 0 spiro atoms. The highest BCUT2D eigenvalue weighted by Gasteiger charge is 2.29.